The average Bonchev–Trinajstić information content (AvgIpc) is 2.63. The molecule has 1 aromatic heterocycles. The molecule has 2 aromatic rings. The highest BCUT2D eigenvalue weighted by molar-refractivity contribution is 8.01. The van der Waals surface area contributed by atoms with Crippen LogP contribution in [0, 0.1) is 17.0 Å². The molecule has 0 aliphatic heterocycles. The molecule has 2 rings (SSSR count). The topological polar surface area (TPSA) is 94.9 Å². The minimum Gasteiger partial charge on any atom is -0.393 e. The van der Waals surface area contributed by atoms with Crippen molar-refractivity contribution in [3.05, 3.63) is 34.1 Å². The van der Waals surface area contributed by atoms with Crippen molar-refractivity contribution in [2.45, 2.75) is 16.2 Å². The van der Waals surface area contributed by atoms with E-state index in [0.29, 0.717) is 15.1 Å². The van der Waals surface area contributed by atoms with E-state index in [1.165, 1.54) is 29.4 Å². The van der Waals surface area contributed by atoms with Gasteiger partial charge in [-0.25, -0.2) is 4.98 Å². The Morgan fingerprint density at radius 3 is 2.88 bits per heavy atom. The summed E-state index contributed by atoms with van der Waals surface area (Å²) >= 11 is 2.41. The smallest absolute Gasteiger partial charge is 0.305 e. The van der Waals surface area contributed by atoms with Crippen molar-refractivity contribution < 1.29 is 4.92 Å². The van der Waals surface area contributed by atoms with Crippen molar-refractivity contribution in [1.29, 1.82) is 0 Å². The van der Waals surface area contributed by atoms with Gasteiger partial charge in [0.25, 0.3) is 0 Å². The van der Waals surface area contributed by atoms with Gasteiger partial charge in [-0.15, -0.1) is 0 Å². The van der Waals surface area contributed by atoms with Gasteiger partial charge in [0, 0.05) is 0 Å². The van der Waals surface area contributed by atoms with E-state index in [4.69, 9.17) is 5.73 Å². The number of anilines is 1. The van der Waals surface area contributed by atoms with Crippen LogP contribution in [0.1, 0.15) is 5.82 Å². The fourth-order valence-electron chi connectivity index (χ4n) is 1.23. The van der Waals surface area contributed by atoms with Crippen molar-refractivity contribution in [2.75, 3.05) is 5.73 Å². The first-order valence-electron chi connectivity index (χ1n) is 4.59. The molecule has 0 aliphatic carbocycles. The Labute approximate surface area is 105 Å². The highest BCUT2D eigenvalue weighted by Gasteiger charge is 2.19. The van der Waals surface area contributed by atoms with Crippen LogP contribution in [0.5, 0.6) is 0 Å². The van der Waals surface area contributed by atoms with Gasteiger partial charge in [-0.2, -0.15) is 4.37 Å². The van der Waals surface area contributed by atoms with Crippen LogP contribution in [0.3, 0.4) is 0 Å². The van der Waals surface area contributed by atoms with E-state index >= 15 is 0 Å². The summed E-state index contributed by atoms with van der Waals surface area (Å²) in [7, 11) is 0. The molecule has 0 bridgehead atoms. The summed E-state index contributed by atoms with van der Waals surface area (Å²) in [5, 5.41) is 10.9. The zero-order chi connectivity index (χ0) is 12.4. The van der Waals surface area contributed by atoms with E-state index in [1.807, 2.05) is 0 Å². The zero-order valence-corrected chi connectivity index (χ0v) is 10.4. The van der Waals surface area contributed by atoms with E-state index < -0.39 is 4.92 Å². The van der Waals surface area contributed by atoms with Gasteiger partial charge in [0.1, 0.15) is 11.5 Å². The predicted molar refractivity (Wildman–Crippen MR) is 66.3 cm³/mol. The van der Waals surface area contributed by atoms with Gasteiger partial charge in [-0.1, -0.05) is 17.8 Å². The summed E-state index contributed by atoms with van der Waals surface area (Å²) in [5.74, 6) is 0.657. The Balaban J connectivity index is 2.39. The maximum atomic E-state index is 10.9. The molecule has 6 nitrogen and oxygen atoms in total. The normalized spacial score (nSPS) is 10.4. The van der Waals surface area contributed by atoms with Crippen LogP contribution in [0.4, 0.5) is 11.4 Å². The summed E-state index contributed by atoms with van der Waals surface area (Å²) < 4.78 is 4.68. The molecule has 0 saturated carbocycles. The van der Waals surface area contributed by atoms with Gasteiger partial charge < -0.3 is 5.73 Å². The lowest BCUT2D eigenvalue weighted by molar-refractivity contribution is -0.386. The Hall–Kier alpha value is -1.67. The van der Waals surface area contributed by atoms with Crippen LogP contribution in [-0.2, 0) is 0 Å². The Kier molecular flexibility index (Phi) is 3.25. The first-order valence-corrected chi connectivity index (χ1v) is 6.18. The van der Waals surface area contributed by atoms with Crippen molar-refractivity contribution >= 4 is 34.7 Å². The quantitative estimate of drug-likeness (QED) is 0.522. The molecule has 0 aliphatic rings. The monoisotopic (exact) mass is 268 g/mol. The third-order valence-corrected chi connectivity index (χ3v) is 3.81. The molecule has 0 fully saturated rings. The van der Waals surface area contributed by atoms with Gasteiger partial charge >= 0.3 is 5.69 Å². The third-order valence-electron chi connectivity index (χ3n) is 1.92. The van der Waals surface area contributed by atoms with Gasteiger partial charge in [0.15, 0.2) is 4.34 Å². The van der Waals surface area contributed by atoms with Crippen LogP contribution in [0.25, 0.3) is 0 Å². The summed E-state index contributed by atoms with van der Waals surface area (Å²) in [5.41, 5.74) is 5.67. The highest BCUT2D eigenvalue weighted by Crippen LogP contribution is 2.38. The van der Waals surface area contributed by atoms with Crippen LogP contribution in [-0.4, -0.2) is 14.3 Å². The Bertz CT molecular complexity index is 570. The van der Waals surface area contributed by atoms with Crippen LogP contribution >= 0.6 is 23.3 Å². The number of nitro benzene ring substituents is 1. The molecule has 0 unspecified atom stereocenters. The number of rotatable bonds is 3. The minimum absolute atomic E-state index is 0.0784. The highest BCUT2D eigenvalue weighted by atomic mass is 32.2. The number of hydrogen-bond donors (Lipinski definition) is 1. The SMILES string of the molecule is Cc1nsc(Sc2cccc(N)c2[N+](=O)[O-])n1. The lowest BCUT2D eigenvalue weighted by Crippen LogP contribution is -1.97. The number of para-hydroxylation sites is 1. The summed E-state index contributed by atoms with van der Waals surface area (Å²) in [6.07, 6.45) is 0. The van der Waals surface area contributed by atoms with Crippen molar-refractivity contribution in [3.63, 3.8) is 0 Å². The predicted octanol–water partition coefficient (Wildman–Crippen LogP) is 2.49. The molecule has 8 heteroatoms. The van der Waals surface area contributed by atoms with Crippen molar-refractivity contribution in [2.24, 2.45) is 0 Å². The van der Waals surface area contributed by atoms with Gasteiger partial charge in [0.2, 0.25) is 0 Å². The maximum absolute atomic E-state index is 10.9. The van der Waals surface area contributed by atoms with Crippen LogP contribution < -0.4 is 5.73 Å². The Morgan fingerprint density at radius 2 is 2.29 bits per heavy atom. The van der Waals surface area contributed by atoms with E-state index in [1.54, 1.807) is 19.1 Å². The second kappa shape index (κ2) is 4.68. The molecule has 0 amide bonds. The standard InChI is InChI=1S/C9H8N4O2S2/c1-5-11-9(17-12-5)16-7-4-2-3-6(10)8(7)13(14)15/h2-4H,10H2,1H3. The first-order chi connectivity index (χ1) is 8.08. The minimum atomic E-state index is -0.481. The molecule has 0 saturated heterocycles. The number of nitrogen functional groups attached to an aromatic ring is 1. The second-order valence-corrected chi connectivity index (χ2v) is 5.20. The molecule has 0 radical (unpaired) electrons. The number of aryl methyl sites for hydroxylation is 1. The number of nitrogens with two attached hydrogens (primary N) is 1. The first kappa shape index (κ1) is 11.8. The largest absolute Gasteiger partial charge is 0.393 e. The molecule has 1 heterocycles. The number of hydrogen-bond acceptors (Lipinski definition) is 7. The van der Waals surface area contributed by atoms with E-state index in [0.717, 1.165) is 0 Å². The fraction of sp³-hybridized carbons (Fsp3) is 0.111. The van der Waals surface area contributed by atoms with Gasteiger partial charge in [-0.3, -0.25) is 10.1 Å². The average molecular weight is 268 g/mol. The van der Waals surface area contributed by atoms with E-state index in [2.05, 4.69) is 9.36 Å². The number of nitro groups is 1. The number of benzene rings is 1. The number of nitrogens with zero attached hydrogens (tertiary/aromatic N) is 3. The lowest BCUT2D eigenvalue weighted by atomic mass is 10.3. The Morgan fingerprint density at radius 1 is 1.53 bits per heavy atom. The van der Waals surface area contributed by atoms with Crippen LogP contribution in [0.15, 0.2) is 27.4 Å². The lowest BCUT2D eigenvalue weighted by Gasteiger charge is -2.01. The molecule has 0 spiro atoms. The molecule has 2 N–H and O–H groups in total. The summed E-state index contributed by atoms with van der Waals surface area (Å²) in [4.78, 5) is 15.1. The molecule has 17 heavy (non-hydrogen) atoms. The van der Waals surface area contributed by atoms with E-state index in [-0.39, 0.29) is 11.4 Å². The zero-order valence-electron chi connectivity index (χ0n) is 8.78. The molecule has 88 valence electrons. The third kappa shape index (κ3) is 2.53. The maximum Gasteiger partial charge on any atom is 0.305 e. The molecular weight excluding hydrogens is 260 g/mol. The summed E-state index contributed by atoms with van der Waals surface area (Å²) in [6.45, 7) is 1.77. The van der Waals surface area contributed by atoms with Crippen molar-refractivity contribution in [1.82, 2.24) is 9.36 Å². The van der Waals surface area contributed by atoms with Gasteiger partial charge in [-0.05, 0) is 30.6 Å². The van der Waals surface area contributed by atoms with Crippen molar-refractivity contribution in [3.8, 4) is 0 Å². The fourth-order valence-corrected chi connectivity index (χ4v) is 2.99. The molecular formula is C9H8N4O2S2. The molecule has 0 atom stereocenters. The van der Waals surface area contributed by atoms with Crippen LogP contribution in [0.2, 0.25) is 0 Å². The summed E-state index contributed by atoms with van der Waals surface area (Å²) in [6, 6.07) is 4.84. The van der Waals surface area contributed by atoms with Gasteiger partial charge in [0.05, 0.1) is 9.82 Å². The van der Waals surface area contributed by atoms with E-state index in [9.17, 15) is 10.1 Å². The number of aromatic nitrogens is 2. The second-order valence-electron chi connectivity index (χ2n) is 3.16. The molecule has 1 aromatic carbocycles.